The van der Waals surface area contributed by atoms with E-state index in [9.17, 15) is 14.7 Å². The van der Waals surface area contributed by atoms with Gasteiger partial charge in [-0.25, -0.2) is 0 Å². The van der Waals surface area contributed by atoms with Gasteiger partial charge in [-0.15, -0.1) is 0 Å². The van der Waals surface area contributed by atoms with Crippen molar-refractivity contribution in [2.45, 2.75) is 290 Å². The Hall–Kier alpha value is -1.30. The lowest BCUT2D eigenvalue weighted by Gasteiger charge is -2.39. The maximum Gasteiger partial charge on any atom is 0.305 e. The van der Waals surface area contributed by atoms with E-state index in [1.807, 2.05) is 0 Å². The van der Waals surface area contributed by atoms with Gasteiger partial charge in [0.2, 0.25) is 0 Å². The summed E-state index contributed by atoms with van der Waals surface area (Å²) >= 11 is 0. The number of aliphatic hydroxyl groups excluding tert-OH is 1. The lowest BCUT2D eigenvalue weighted by atomic mass is 9.79. The molecule has 10 nitrogen and oxygen atoms in total. The van der Waals surface area contributed by atoms with Crippen molar-refractivity contribution in [1.82, 2.24) is 4.90 Å². The third-order valence-electron chi connectivity index (χ3n) is 14.4. The van der Waals surface area contributed by atoms with Crippen molar-refractivity contribution in [3.8, 4) is 0 Å². The van der Waals surface area contributed by atoms with Crippen molar-refractivity contribution in [2.24, 2.45) is 11.8 Å². The number of rotatable bonds is 54. The molecule has 3 atom stereocenters. The zero-order valence-electron chi connectivity index (χ0n) is 46.1. The summed E-state index contributed by atoms with van der Waals surface area (Å²) in [5.74, 6) is 1.26. The third kappa shape index (κ3) is 42.9. The second-order valence-electron chi connectivity index (χ2n) is 20.7. The number of carbonyl (C=O) groups excluding carboxylic acids is 2. The van der Waals surface area contributed by atoms with Crippen LogP contribution < -0.4 is 0 Å². The van der Waals surface area contributed by atoms with Gasteiger partial charge in [0, 0.05) is 52.9 Å². The first-order chi connectivity index (χ1) is 34.0. The number of unbranched alkanes of at least 4 members (excludes halogenated alkanes) is 27. The predicted octanol–water partition coefficient (Wildman–Crippen LogP) is 15.6. The Morgan fingerprint density at radius 1 is 0.464 bits per heavy atom. The normalized spacial score (nSPS) is 15.9. The number of esters is 2. The summed E-state index contributed by atoms with van der Waals surface area (Å²) in [4.78, 5) is 27.7. The fourth-order valence-corrected chi connectivity index (χ4v) is 9.88. The van der Waals surface area contributed by atoms with Crippen molar-refractivity contribution in [3.05, 3.63) is 0 Å². The molecule has 1 rings (SSSR count). The van der Waals surface area contributed by atoms with Crippen molar-refractivity contribution in [3.63, 3.8) is 0 Å². The molecule has 3 unspecified atom stereocenters. The van der Waals surface area contributed by atoms with Crippen LogP contribution in [0.3, 0.4) is 0 Å². The Kier molecular flexibility index (Phi) is 49.1. The summed E-state index contributed by atoms with van der Waals surface area (Å²) in [6.45, 7) is 13.6. The molecule has 0 spiro atoms. The van der Waals surface area contributed by atoms with E-state index >= 15 is 0 Å². The van der Waals surface area contributed by atoms with Gasteiger partial charge in [-0.2, -0.15) is 0 Å². The number of hydrogen-bond acceptors (Lipinski definition) is 10. The van der Waals surface area contributed by atoms with Crippen LogP contribution in [0, 0.1) is 11.8 Å². The zero-order valence-corrected chi connectivity index (χ0v) is 46.1. The van der Waals surface area contributed by atoms with E-state index in [-0.39, 0.29) is 31.1 Å². The van der Waals surface area contributed by atoms with Crippen LogP contribution >= 0.6 is 0 Å². The second-order valence-corrected chi connectivity index (χ2v) is 20.7. The number of piperidine rings is 1. The average Bonchev–Trinajstić information content (AvgIpc) is 3.35. The van der Waals surface area contributed by atoms with Crippen molar-refractivity contribution in [1.29, 1.82) is 0 Å². The smallest absolute Gasteiger partial charge is 0.305 e. The van der Waals surface area contributed by atoms with Gasteiger partial charge in [-0.1, -0.05) is 194 Å². The van der Waals surface area contributed by atoms with Gasteiger partial charge >= 0.3 is 11.9 Å². The second kappa shape index (κ2) is 51.6. The van der Waals surface area contributed by atoms with E-state index in [1.165, 1.54) is 186 Å². The van der Waals surface area contributed by atoms with Crippen LogP contribution in [0.1, 0.15) is 278 Å². The molecule has 0 amide bonds. The molecule has 0 aromatic heterocycles. The topological polar surface area (TPSA) is 113 Å². The molecule has 1 N–H and O–H groups in total. The molecule has 1 saturated heterocycles. The SMILES string of the molecule is CCCCCCCCCOC(CCC(=O)OCCCCCCCC1CN(CCCCO)CCC1CCCCCCCOC(=O)CCC(OCCCCCCCCC)OCCCCCCCCC)OC. The summed E-state index contributed by atoms with van der Waals surface area (Å²) in [6, 6.07) is 0. The van der Waals surface area contributed by atoms with Crippen LogP contribution in [0.15, 0.2) is 0 Å². The Labute approximate surface area is 426 Å². The fraction of sp³-hybridized carbons (Fsp3) is 0.966. The monoisotopic (exact) mass is 982 g/mol. The maximum atomic E-state index is 12.7. The summed E-state index contributed by atoms with van der Waals surface area (Å²) in [7, 11) is 1.65. The summed E-state index contributed by atoms with van der Waals surface area (Å²) in [6.07, 6.45) is 44.7. The molecule has 0 aromatic rings. The van der Waals surface area contributed by atoms with Gasteiger partial charge < -0.3 is 38.4 Å². The molecule has 1 heterocycles. The lowest BCUT2D eigenvalue weighted by Crippen LogP contribution is -2.41. The number of methoxy groups -OCH3 is 1. The number of nitrogens with zero attached hydrogens (tertiary/aromatic N) is 1. The first-order valence-corrected chi connectivity index (χ1v) is 30.0. The Balaban J connectivity index is 2.28. The first-order valence-electron chi connectivity index (χ1n) is 30.0. The van der Waals surface area contributed by atoms with Crippen LogP contribution in [0.2, 0.25) is 0 Å². The van der Waals surface area contributed by atoms with Gasteiger partial charge in [0.25, 0.3) is 0 Å². The highest BCUT2D eigenvalue weighted by Gasteiger charge is 2.28. The summed E-state index contributed by atoms with van der Waals surface area (Å²) in [5, 5.41) is 9.34. The van der Waals surface area contributed by atoms with Gasteiger partial charge in [-0.3, -0.25) is 9.59 Å². The predicted molar refractivity (Wildman–Crippen MR) is 287 cm³/mol. The van der Waals surface area contributed by atoms with Crippen LogP contribution in [0.25, 0.3) is 0 Å². The number of aliphatic hydroxyl groups is 1. The zero-order chi connectivity index (χ0) is 49.9. The van der Waals surface area contributed by atoms with Crippen LogP contribution in [0.4, 0.5) is 0 Å². The molecule has 1 aliphatic rings. The quantitative estimate of drug-likeness (QED) is 0.0359. The molecular formula is C59H115NO9. The van der Waals surface area contributed by atoms with E-state index in [4.69, 9.17) is 28.4 Å². The van der Waals surface area contributed by atoms with Crippen LogP contribution in [-0.2, 0) is 38.0 Å². The van der Waals surface area contributed by atoms with Gasteiger partial charge in [0.15, 0.2) is 12.6 Å². The van der Waals surface area contributed by atoms with E-state index in [0.717, 1.165) is 76.2 Å². The molecule has 0 radical (unpaired) electrons. The molecule has 0 saturated carbocycles. The van der Waals surface area contributed by atoms with E-state index < -0.39 is 0 Å². The fourth-order valence-electron chi connectivity index (χ4n) is 9.88. The lowest BCUT2D eigenvalue weighted by molar-refractivity contribution is -0.159. The van der Waals surface area contributed by atoms with E-state index in [1.54, 1.807) is 7.11 Å². The minimum Gasteiger partial charge on any atom is -0.466 e. The van der Waals surface area contributed by atoms with E-state index in [2.05, 4.69) is 25.7 Å². The minimum absolute atomic E-state index is 0.129. The number of ether oxygens (including phenoxy) is 6. The highest BCUT2D eigenvalue weighted by atomic mass is 16.7. The highest BCUT2D eigenvalue weighted by molar-refractivity contribution is 5.69. The van der Waals surface area contributed by atoms with Crippen LogP contribution in [0.5, 0.6) is 0 Å². The largest absolute Gasteiger partial charge is 0.466 e. The molecule has 0 aliphatic carbocycles. The standard InChI is InChI=1S/C59H115NO9/c1-5-8-11-14-17-24-35-50-67-58(64-4)42-40-56(62)65-48-34-28-21-23-30-39-55-53-60(45-31-32-47-61)46-44-54(55)38-29-22-20-27-33-49-66-57(63)41-43-59(68-51-36-25-18-15-12-9-6-2)69-52-37-26-19-16-13-10-7-3/h54-55,58-59,61H,5-53H2,1-4H3. The first kappa shape index (κ1) is 65.7. The summed E-state index contributed by atoms with van der Waals surface area (Å²) < 4.78 is 34.8. The van der Waals surface area contributed by atoms with Crippen molar-refractivity contribution < 1.29 is 43.1 Å². The number of likely N-dealkylation sites (tertiary alicyclic amines) is 1. The molecule has 69 heavy (non-hydrogen) atoms. The number of carbonyl (C=O) groups is 2. The number of hydrogen-bond donors (Lipinski definition) is 1. The molecule has 1 fully saturated rings. The molecular weight excluding hydrogens is 867 g/mol. The Morgan fingerprint density at radius 3 is 1.28 bits per heavy atom. The van der Waals surface area contributed by atoms with Crippen molar-refractivity contribution in [2.75, 3.05) is 66.4 Å². The van der Waals surface area contributed by atoms with Gasteiger partial charge in [0.1, 0.15) is 0 Å². The van der Waals surface area contributed by atoms with Gasteiger partial charge in [0.05, 0.1) is 26.1 Å². The molecule has 0 bridgehead atoms. The van der Waals surface area contributed by atoms with Crippen molar-refractivity contribution >= 4 is 11.9 Å². The molecule has 0 aromatic carbocycles. The maximum absolute atomic E-state index is 12.7. The molecule has 10 heteroatoms. The molecule has 1 aliphatic heterocycles. The Bertz CT molecular complexity index is 1060. The van der Waals surface area contributed by atoms with E-state index in [0.29, 0.717) is 58.7 Å². The average molecular weight is 983 g/mol. The Morgan fingerprint density at radius 2 is 0.841 bits per heavy atom. The summed E-state index contributed by atoms with van der Waals surface area (Å²) in [5.41, 5.74) is 0. The minimum atomic E-state index is -0.339. The molecule has 410 valence electrons. The van der Waals surface area contributed by atoms with Crippen LogP contribution in [-0.4, -0.2) is 101 Å². The highest BCUT2D eigenvalue weighted by Crippen LogP contribution is 2.32. The van der Waals surface area contributed by atoms with Gasteiger partial charge in [-0.05, 0) is 82.7 Å². The third-order valence-corrected chi connectivity index (χ3v) is 14.4.